The average molecular weight is 282 g/mol. The average Bonchev–Trinajstić information content (AvgIpc) is 2.75. The second kappa shape index (κ2) is 4.54. The molecule has 1 saturated carbocycles. The van der Waals surface area contributed by atoms with Gasteiger partial charge in [0.1, 0.15) is 0 Å². The summed E-state index contributed by atoms with van der Waals surface area (Å²) in [5.41, 5.74) is -5.12. The van der Waals surface area contributed by atoms with Crippen molar-refractivity contribution in [1.82, 2.24) is 0 Å². The fraction of sp³-hybridized carbons (Fsp3) is 0.833. The van der Waals surface area contributed by atoms with Crippen LogP contribution in [0.4, 0.5) is 13.2 Å². The van der Waals surface area contributed by atoms with Crippen LogP contribution in [-0.4, -0.2) is 19.7 Å². The normalized spacial score (nSPS) is 33.0. The molecule has 2 aliphatic rings. The molecule has 0 saturated heterocycles. The zero-order valence-electron chi connectivity index (χ0n) is 10.2. The molecule has 1 fully saturated rings. The Kier molecular flexibility index (Phi) is 3.51. The van der Waals surface area contributed by atoms with Crippen molar-refractivity contribution in [3.63, 3.8) is 0 Å². The van der Waals surface area contributed by atoms with Crippen LogP contribution in [0, 0.1) is 23.7 Å². The maximum absolute atomic E-state index is 12.3. The molecule has 0 spiro atoms. The van der Waals surface area contributed by atoms with E-state index in [0.29, 0.717) is 24.2 Å². The lowest BCUT2D eigenvalue weighted by atomic mass is 9.86. The van der Waals surface area contributed by atoms with E-state index in [1.54, 1.807) is 6.92 Å². The first kappa shape index (κ1) is 13.9. The summed E-state index contributed by atoms with van der Waals surface area (Å²) >= 11 is 0. The standard InChI is InChI=1S/C12H17F3O2S/c1-8(7-18(16,17)12(13,14)15)4-11-6-9-2-3-10(11)5-9/h2-3,8-11H,4-7H2,1H3. The Labute approximate surface area is 105 Å². The number of sulfone groups is 1. The van der Waals surface area contributed by atoms with Crippen molar-refractivity contribution in [3.05, 3.63) is 12.2 Å². The third kappa shape index (κ3) is 2.73. The van der Waals surface area contributed by atoms with Gasteiger partial charge in [0.15, 0.2) is 0 Å². The van der Waals surface area contributed by atoms with Gasteiger partial charge < -0.3 is 0 Å². The number of allylic oxidation sites excluding steroid dienone is 2. The van der Waals surface area contributed by atoms with Gasteiger partial charge in [-0.3, -0.25) is 0 Å². The van der Waals surface area contributed by atoms with Crippen molar-refractivity contribution in [2.75, 3.05) is 5.75 Å². The van der Waals surface area contributed by atoms with Crippen molar-refractivity contribution in [2.45, 2.75) is 31.7 Å². The molecule has 0 radical (unpaired) electrons. The molecule has 0 N–H and O–H groups in total. The number of hydrogen-bond donors (Lipinski definition) is 0. The Bertz CT molecular complexity index is 439. The summed E-state index contributed by atoms with van der Waals surface area (Å²) in [6.07, 6.45) is 6.95. The molecule has 4 unspecified atom stereocenters. The molecule has 6 heteroatoms. The van der Waals surface area contributed by atoms with Crippen LogP contribution in [0.1, 0.15) is 26.2 Å². The lowest BCUT2D eigenvalue weighted by Gasteiger charge is -2.22. The van der Waals surface area contributed by atoms with E-state index < -0.39 is 27.0 Å². The Morgan fingerprint density at radius 1 is 1.28 bits per heavy atom. The third-order valence-electron chi connectivity index (χ3n) is 3.98. The molecule has 2 rings (SSSR count). The van der Waals surface area contributed by atoms with Gasteiger partial charge in [-0.25, -0.2) is 8.42 Å². The van der Waals surface area contributed by atoms with Gasteiger partial charge in [-0.1, -0.05) is 19.1 Å². The molecule has 104 valence electrons. The van der Waals surface area contributed by atoms with E-state index in [2.05, 4.69) is 12.2 Å². The minimum atomic E-state index is -5.12. The molecule has 0 amide bonds. The minimum absolute atomic E-state index is 0.360. The summed E-state index contributed by atoms with van der Waals surface area (Å²) in [4.78, 5) is 0. The SMILES string of the molecule is CC(CC1CC2C=CC1C2)CS(=O)(=O)C(F)(F)F. The number of alkyl halides is 3. The van der Waals surface area contributed by atoms with E-state index in [0.717, 1.165) is 12.8 Å². The zero-order valence-corrected chi connectivity index (χ0v) is 11.0. The maximum Gasteiger partial charge on any atom is 0.497 e. The van der Waals surface area contributed by atoms with E-state index >= 15 is 0 Å². The predicted octanol–water partition coefficient (Wildman–Crippen LogP) is 3.16. The first-order valence-corrected chi connectivity index (χ1v) is 7.81. The second-order valence-electron chi connectivity index (χ2n) is 5.61. The maximum atomic E-state index is 12.3. The topological polar surface area (TPSA) is 34.1 Å². The molecule has 4 atom stereocenters. The highest BCUT2D eigenvalue weighted by Crippen LogP contribution is 2.46. The molecule has 18 heavy (non-hydrogen) atoms. The van der Waals surface area contributed by atoms with Crippen molar-refractivity contribution in [3.8, 4) is 0 Å². The fourth-order valence-corrected chi connectivity index (χ4v) is 4.29. The summed E-state index contributed by atoms with van der Waals surface area (Å²) in [5.74, 6) is 0.152. The smallest absolute Gasteiger partial charge is 0.220 e. The lowest BCUT2D eigenvalue weighted by molar-refractivity contribution is -0.0438. The van der Waals surface area contributed by atoms with Gasteiger partial charge in [-0.05, 0) is 42.9 Å². The zero-order chi connectivity index (χ0) is 13.6. The fourth-order valence-electron chi connectivity index (χ4n) is 3.22. The molecular formula is C12H17F3O2S. The summed E-state index contributed by atoms with van der Waals surface area (Å²) in [6.45, 7) is 1.60. The quantitative estimate of drug-likeness (QED) is 0.742. The third-order valence-corrected chi connectivity index (χ3v) is 5.69. The van der Waals surface area contributed by atoms with Gasteiger partial charge in [0.25, 0.3) is 0 Å². The molecule has 2 nitrogen and oxygen atoms in total. The number of hydrogen-bond acceptors (Lipinski definition) is 2. The summed E-state index contributed by atoms with van der Waals surface area (Å²) in [6, 6.07) is 0. The first-order valence-electron chi connectivity index (χ1n) is 6.16. The van der Waals surface area contributed by atoms with Crippen LogP contribution < -0.4 is 0 Å². The molecular weight excluding hydrogens is 265 g/mol. The number of halogens is 3. The van der Waals surface area contributed by atoms with Gasteiger partial charge in [0.05, 0.1) is 5.75 Å². The Balaban J connectivity index is 1.90. The molecule has 2 bridgehead atoms. The van der Waals surface area contributed by atoms with E-state index in [1.165, 1.54) is 0 Å². The van der Waals surface area contributed by atoms with E-state index in [1.807, 2.05) is 0 Å². The van der Waals surface area contributed by atoms with Crippen LogP contribution in [0.15, 0.2) is 12.2 Å². The molecule has 0 aliphatic heterocycles. The molecule has 0 heterocycles. The van der Waals surface area contributed by atoms with Gasteiger partial charge in [0.2, 0.25) is 9.84 Å². The highest BCUT2D eigenvalue weighted by Gasteiger charge is 2.46. The summed E-state index contributed by atoms with van der Waals surface area (Å²) in [7, 11) is -4.97. The van der Waals surface area contributed by atoms with Crippen LogP contribution in [-0.2, 0) is 9.84 Å². The Hall–Kier alpha value is -0.520. The summed E-state index contributed by atoms with van der Waals surface area (Å²) < 4.78 is 58.9. The number of fused-ring (bicyclic) bond motifs is 2. The van der Waals surface area contributed by atoms with Gasteiger partial charge >= 0.3 is 5.51 Å². The van der Waals surface area contributed by atoms with Crippen LogP contribution in [0.5, 0.6) is 0 Å². The Morgan fingerprint density at radius 2 is 1.94 bits per heavy atom. The first-order chi connectivity index (χ1) is 8.19. The van der Waals surface area contributed by atoms with E-state index in [9.17, 15) is 21.6 Å². The largest absolute Gasteiger partial charge is 0.497 e. The minimum Gasteiger partial charge on any atom is -0.220 e. The van der Waals surface area contributed by atoms with Crippen LogP contribution in [0.3, 0.4) is 0 Å². The van der Waals surface area contributed by atoms with Crippen LogP contribution >= 0.6 is 0 Å². The van der Waals surface area contributed by atoms with Crippen LogP contribution in [0.25, 0.3) is 0 Å². The van der Waals surface area contributed by atoms with E-state index in [4.69, 9.17) is 0 Å². The molecule has 0 aromatic rings. The second-order valence-corrected chi connectivity index (χ2v) is 7.63. The lowest BCUT2D eigenvalue weighted by Crippen LogP contribution is -2.30. The predicted molar refractivity (Wildman–Crippen MR) is 62.5 cm³/mol. The molecule has 2 aliphatic carbocycles. The Morgan fingerprint density at radius 3 is 2.39 bits per heavy atom. The van der Waals surface area contributed by atoms with Crippen molar-refractivity contribution >= 4 is 9.84 Å². The highest BCUT2D eigenvalue weighted by molar-refractivity contribution is 7.92. The molecule has 0 aromatic carbocycles. The van der Waals surface area contributed by atoms with Crippen molar-refractivity contribution < 1.29 is 21.6 Å². The van der Waals surface area contributed by atoms with Crippen molar-refractivity contribution in [1.29, 1.82) is 0 Å². The highest BCUT2D eigenvalue weighted by atomic mass is 32.2. The molecule has 0 aromatic heterocycles. The van der Waals surface area contributed by atoms with Gasteiger partial charge in [-0.15, -0.1) is 0 Å². The number of rotatable bonds is 4. The van der Waals surface area contributed by atoms with Crippen molar-refractivity contribution in [2.24, 2.45) is 23.7 Å². The summed E-state index contributed by atoms with van der Waals surface area (Å²) in [5, 5.41) is 0. The van der Waals surface area contributed by atoms with Gasteiger partial charge in [-0.2, -0.15) is 13.2 Å². The van der Waals surface area contributed by atoms with E-state index in [-0.39, 0.29) is 0 Å². The van der Waals surface area contributed by atoms with Crippen LogP contribution in [0.2, 0.25) is 0 Å². The monoisotopic (exact) mass is 282 g/mol. The van der Waals surface area contributed by atoms with Gasteiger partial charge in [0, 0.05) is 0 Å².